The predicted molar refractivity (Wildman–Crippen MR) is 104 cm³/mol. The first-order valence-electron chi connectivity index (χ1n) is 10.4. The number of morpholine rings is 1. The number of amides is 3. The maximum atomic E-state index is 13.2. The number of urea groups is 1. The zero-order valence-corrected chi connectivity index (χ0v) is 17.3. The molecule has 0 aromatic heterocycles. The molecule has 3 heterocycles. The molecule has 0 spiro atoms. The number of carbonyl (C=O) groups excluding carboxylic acids is 2. The first-order valence-corrected chi connectivity index (χ1v) is 10.4. The molecule has 0 saturated carbocycles. The number of aliphatic hydroxyl groups excluding tert-OH is 3. The van der Waals surface area contributed by atoms with Gasteiger partial charge in [-0.15, -0.1) is 0 Å². The molecule has 170 valence electrons. The summed E-state index contributed by atoms with van der Waals surface area (Å²) in [5, 5.41) is 31.9. The van der Waals surface area contributed by atoms with Crippen molar-refractivity contribution in [3.05, 3.63) is 11.8 Å². The van der Waals surface area contributed by atoms with Crippen molar-refractivity contribution in [2.24, 2.45) is 5.73 Å². The first kappa shape index (κ1) is 23.2. The van der Waals surface area contributed by atoms with E-state index in [0.717, 1.165) is 19.4 Å². The summed E-state index contributed by atoms with van der Waals surface area (Å²) in [4.78, 5) is 27.4. The van der Waals surface area contributed by atoms with Gasteiger partial charge in [0.15, 0.2) is 0 Å². The van der Waals surface area contributed by atoms with Gasteiger partial charge in [0.1, 0.15) is 12.3 Å². The van der Waals surface area contributed by atoms with Gasteiger partial charge in [0.2, 0.25) is 12.5 Å². The third kappa shape index (κ3) is 4.43. The third-order valence-corrected chi connectivity index (χ3v) is 6.03. The largest absolute Gasteiger partial charge is 0.432 e. The standard InChI is InChI=1S/C19H32N4O7/c1-12-9-23(19(28)21-18(12)27,16-6-14(26)15(11-25)30-16)17-8-22(5-3-2-4-20)7-13(10-24)29-17/h9,13-17,24-26H,2-8,10-11,20H2,1H3/p+1/t13?,14-,15+,16+,17?,23?/m0/s1. The van der Waals surface area contributed by atoms with Crippen LogP contribution in [0.1, 0.15) is 26.2 Å². The SMILES string of the molecule is CC1=C[N+](C2CN(CCCCN)CC(CO)O2)([C@H]2C[C@H](O)[C@@H](CO)O2)C(=O)NC1=O. The molecule has 0 aromatic rings. The number of nitrogens with zero attached hydrogens (tertiary/aromatic N) is 2. The number of aliphatic hydroxyl groups is 3. The van der Waals surface area contributed by atoms with Gasteiger partial charge in [0.05, 0.1) is 44.0 Å². The van der Waals surface area contributed by atoms with Crippen LogP contribution < -0.4 is 11.1 Å². The van der Waals surface area contributed by atoms with Gasteiger partial charge < -0.3 is 30.5 Å². The summed E-state index contributed by atoms with van der Waals surface area (Å²) in [5.41, 5.74) is 5.92. The summed E-state index contributed by atoms with van der Waals surface area (Å²) < 4.78 is 11.5. The van der Waals surface area contributed by atoms with Crippen LogP contribution in [-0.4, -0.2) is 107 Å². The van der Waals surface area contributed by atoms with E-state index in [1.807, 2.05) is 0 Å². The van der Waals surface area contributed by atoms with Crippen LogP contribution in [0.25, 0.3) is 0 Å². The highest BCUT2D eigenvalue weighted by atomic mass is 16.6. The van der Waals surface area contributed by atoms with E-state index in [-0.39, 0.29) is 13.0 Å². The Bertz CT molecular complexity index is 675. The van der Waals surface area contributed by atoms with E-state index in [4.69, 9.17) is 15.2 Å². The van der Waals surface area contributed by atoms with E-state index in [1.165, 1.54) is 6.20 Å². The Morgan fingerprint density at radius 2 is 1.97 bits per heavy atom. The van der Waals surface area contributed by atoms with E-state index >= 15 is 0 Å². The highest BCUT2D eigenvalue weighted by Gasteiger charge is 2.59. The van der Waals surface area contributed by atoms with Crippen LogP contribution in [0, 0.1) is 0 Å². The lowest BCUT2D eigenvalue weighted by molar-refractivity contribution is -0.901. The summed E-state index contributed by atoms with van der Waals surface area (Å²) in [6, 6.07) is -0.619. The van der Waals surface area contributed by atoms with Crippen molar-refractivity contribution in [1.82, 2.24) is 10.2 Å². The van der Waals surface area contributed by atoms with Crippen LogP contribution in [-0.2, 0) is 14.3 Å². The fraction of sp³-hybridized carbons (Fsp3) is 0.789. The van der Waals surface area contributed by atoms with Crippen LogP contribution >= 0.6 is 0 Å². The second-order valence-electron chi connectivity index (χ2n) is 8.17. The number of rotatable bonds is 8. The number of ether oxygens (including phenoxy) is 2. The molecule has 3 rings (SSSR count). The number of imide groups is 1. The Labute approximate surface area is 175 Å². The van der Waals surface area contributed by atoms with Crippen molar-refractivity contribution < 1.29 is 38.9 Å². The fourth-order valence-electron chi connectivity index (χ4n) is 4.38. The number of carbonyl (C=O) groups is 2. The monoisotopic (exact) mass is 429 g/mol. The van der Waals surface area contributed by atoms with Gasteiger partial charge in [-0.25, -0.2) is 10.1 Å². The van der Waals surface area contributed by atoms with Crippen molar-refractivity contribution >= 4 is 11.9 Å². The molecular weight excluding hydrogens is 396 g/mol. The molecule has 11 heteroatoms. The molecule has 2 fully saturated rings. The minimum absolute atomic E-state index is 0.0907. The van der Waals surface area contributed by atoms with E-state index in [2.05, 4.69) is 10.2 Å². The molecule has 3 aliphatic rings. The number of nitrogens with two attached hydrogens (primary N) is 1. The smallest absolute Gasteiger partial charge is 0.394 e. The van der Waals surface area contributed by atoms with Crippen molar-refractivity contribution in [3.63, 3.8) is 0 Å². The average Bonchev–Trinajstić information content (AvgIpc) is 3.11. The summed E-state index contributed by atoms with van der Waals surface area (Å²) in [7, 11) is 0. The van der Waals surface area contributed by atoms with Gasteiger partial charge in [-0.3, -0.25) is 9.69 Å². The molecule has 3 aliphatic heterocycles. The summed E-state index contributed by atoms with van der Waals surface area (Å²) >= 11 is 0. The number of hydrogen-bond donors (Lipinski definition) is 5. The highest BCUT2D eigenvalue weighted by molar-refractivity contribution is 6.03. The van der Waals surface area contributed by atoms with Crippen molar-refractivity contribution in [2.45, 2.75) is 57.0 Å². The van der Waals surface area contributed by atoms with Crippen LogP contribution in [0.15, 0.2) is 11.8 Å². The maximum Gasteiger partial charge on any atom is 0.432 e. The molecule has 0 aliphatic carbocycles. The molecule has 3 unspecified atom stereocenters. The van der Waals surface area contributed by atoms with Gasteiger partial charge in [-0.2, -0.15) is 4.48 Å². The highest BCUT2D eigenvalue weighted by Crippen LogP contribution is 2.37. The first-order chi connectivity index (χ1) is 14.3. The zero-order valence-electron chi connectivity index (χ0n) is 17.3. The van der Waals surface area contributed by atoms with E-state index < -0.39 is 53.8 Å². The minimum Gasteiger partial charge on any atom is -0.394 e. The van der Waals surface area contributed by atoms with E-state index in [9.17, 15) is 24.9 Å². The molecule has 0 radical (unpaired) electrons. The Morgan fingerprint density at radius 1 is 1.20 bits per heavy atom. The van der Waals surface area contributed by atoms with Gasteiger partial charge in [0, 0.05) is 6.54 Å². The number of unbranched alkanes of at least 4 members (excludes halogenated alkanes) is 1. The summed E-state index contributed by atoms with van der Waals surface area (Å²) in [5.74, 6) is -0.500. The molecule has 6 atom stereocenters. The zero-order chi connectivity index (χ0) is 21.9. The second kappa shape index (κ2) is 9.79. The molecule has 6 N–H and O–H groups in total. The van der Waals surface area contributed by atoms with Crippen molar-refractivity contribution in [2.75, 3.05) is 39.4 Å². The quantitative estimate of drug-likeness (QED) is 0.222. The van der Waals surface area contributed by atoms with Gasteiger partial charge in [-0.05, 0) is 32.9 Å². The Hall–Kier alpha value is -1.44. The van der Waals surface area contributed by atoms with E-state index in [1.54, 1.807) is 6.92 Å². The number of quaternary nitrogens is 1. The summed E-state index contributed by atoms with van der Waals surface area (Å²) in [6.07, 6.45) is -0.596. The van der Waals surface area contributed by atoms with E-state index in [0.29, 0.717) is 25.2 Å². The van der Waals surface area contributed by atoms with Crippen LogP contribution in [0.3, 0.4) is 0 Å². The third-order valence-electron chi connectivity index (χ3n) is 6.03. The van der Waals surface area contributed by atoms with Crippen molar-refractivity contribution in [1.29, 1.82) is 0 Å². The van der Waals surface area contributed by atoms with Gasteiger partial charge in [0.25, 0.3) is 5.91 Å². The average molecular weight is 429 g/mol. The van der Waals surface area contributed by atoms with Gasteiger partial charge in [-0.1, -0.05) is 0 Å². The lowest BCUT2D eigenvalue weighted by Crippen LogP contribution is -2.72. The molecule has 3 amide bonds. The summed E-state index contributed by atoms with van der Waals surface area (Å²) in [6.45, 7) is 3.16. The van der Waals surface area contributed by atoms with Gasteiger partial charge >= 0.3 is 6.03 Å². The van der Waals surface area contributed by atoms with Crippen LogP contribution in [0.4, 0.5) is 4.79 Å². The topological polar surface area (TPSA) is 155 Å². The maximum absolute atomic E-state index is 13.2. The Morgan fingerprint density at radius 3 is 2.60 bits per heavy atom. The molecule has 0 bridgehead atoms. The lowest BCUT2D eigenvalue weighted by atomic mass is 10.1. The predicted octanol–water partition coefficient (Wildman–Crippen LogP) is -1.82. The normalized spacial score (nSPS) is 37.9. The molecular formula is C19H33N4O7+. The Balaban J connectivity index is 1.95. The van der Waals surface area contributed by atoms with Crippen LogP contribution in [0.2, 0.25) is 0 Å². The molecule has 0 aromatic carbocycles. The second-order valence-corrected chi connectivity index (χ2v) is 8.17. The Kier molecular flexibility index (Phi) is 7.58. The minimum atomic E-state index is -0.952. The van der Waals surface area contributed by atoms with Crippen molar-refractivity contribution in [3.8, 4) is 0 Å². The molecule has 11 nitrogen and oxygen atoms in total. The molecule has 30 heavy (non-hydrogen) atoms. The fourth-order valence-corrected chi connectivity index (χ4v) is 4.38. The van der Waals surface area contributed by atoms with Crippen LogP contribution in [0.5, 0.6) is 0 Å². The lowest BCUT2D eigenvalue weighted by Gasteiger charge is -2.48. The molecule has 2 saturated heterocycles. The number of nitrogens with one attached hydrogen (secondary N) is 1. The number of hydrogen-bond acceptors (Lipinski definition) is 9.